The van der Waals surface area contributed by atoms with Gasteiger partial charge in [0.15, 0.2) is 6.61 Å². The molecule has 0 N–H and O–H groups in total. The minimum Gasteiger partial charge on any atom is -0.462 e. The third-order valence-electron chi connectivity index (χ3n) is 4.31. The van der Waals surface area contributed by atoms with E-state index < -0.39 is 5.97 Å². The Bertz CT molecular complexity index is 1040. The summed E-state index contributed by atoms with van der Waals surface area (Å²) >= 11 is 3.42. The van der Waals surface area contributed by atoms with E-state index in [1.54, 1.807) is 12.1 Å². The van der Waals surface area contributed by atoms with Gasteiger partial charge >= 0.3 is 5.97 Å². The summed E-state index contributed by atoms with van der Waals surface area (Å²) in [6.45, 7) is 5.32. The lowest BCUT2D eigenvalue weighted by Gasteiger charge is -2.10. The van der Waals surface area contributed by atoms with Crippen molar-refractivity contribution in [2.75, 3.05) is 6.61 Å². The van der Waals surface area contributed by atoms with Crippen molar-refractivity contribution in [1.82, 2.24) is 4.57 Å². The maximum atomic E-state index is 12.6. The fourth-order valence-corrected chi connectivity index (χ4v) is 3.25. The molecule has 2 heterocycles. The molecule has 0 bridgehead atoms. The number of halogens is 1. The van der Waals surface area contributed by atoms with Crippen LogP contribution in [-0.4, -0.2) is 22.9 Å². The highest BCUT2D eigenvalue weighted by Gasteiger charge is 2.17. The Kier molecular flexibility index (Phi) is 5.99. The molecule has 0 aliphatic rings. The molecule has 0 aliphatic heterocycles. The zero-order chi connectivity index (χ0) is 20.3. The van der Waals surface area contributed by atoms with Crippen molar-refractivity contribution in [2.24, 2.45) is 0 Å². The van der Waals surface area contributed by atoms with E-state index in [2.05, 4.69) is 15.9 Å². The molecule has 0 amide bonds. The second-order valence-electron chi connectivity index (χ2n) is 6.41. The van der Waals surface area contributed by atoms with Gasteiger partial charge in [-0.3, -0.25) is 4.79 Å². The molecule has 144 valence electrons. The molecule has 3 rings (SSSR count). The summed E-state index contributed by atoms with van der Waals surface area (Å²) in [7, 11) is 0. The van der Waals surface area contributed by atoms with Gasteiger partial charge in [0.2, 0.25) is 5.78 Å². The molecule has 0 aliphatic carbocycles. The maximum absolute atomic E-state index is 12.6. The van der Waals surface area contributed by atoms with Crippen molar-refractivity contribution in [3.05, 3.63) is 81.5 Å². The second kappa shape index (κ2) is 8.44. The van der Waals surface area contributed by atoms with Gasteiger partial charge in [-0.25, -0.2) is 4.79 Å². The number of nitrogens with zero attached hydrogens (tertiary/aromatic N) is 1. The standard InChI is InChI=1S/C22H20BrNO4/c1-14-12-20(16(3)24(14)18-7-5-17(23)6-8-18)21(25)13-27-22(26)11-10-19-9-4-15(2)28-19/h4-12H,13H2,1-3H3. The second-order valence-corrected chi connectivity index (χ2v) is 7.32. The van der Waals surface area contributed by atoms with Crippen molar-refractivity contribution in [3.63, 3.8) is 0 Å². The van der Waals surface area contributed by atoms with Gasteiger partial charge in [-0.1, -0.05) is 15.9 Å². The minimum absolute atomic E-state index is 0.243. The van der Waals surface area contributed by atoms with Gasteiger partial charge in [0.05, 0.1) is 0 Å². The normalized spacial score (nSPS) is 11.1. The molecular formula is C22H20BrNO4. The number of hydrogen-bond donors (Lipinski definition) is 0. The summed E-state index contributed by atoms with van der Waals surface area (Å²) in [5.74, 6) is 0.472. The van der Waals surface area contributed by atoms with Gasteiger partial charge in [0.25, 0.3) is 0 Å². The fourth-order valence-electron chi connectivity index (χ4n) is 2.99. The average Bonchev–Trinajstić information content (AvgIpc) is 3.21. The lowest BCUT2D eigenvalue weighted by Crippen LogP contribution is -2.13. The number of carbonyl (C=O) groups is 2. The molecule has 3 aromatic rings. The number of benzene rings is 1. The zero-order valence-corrected chi connectivity index (χ0v) is 17.4. The smallest absolute Gasteiger partial charge is 0.331 e. The van der Waals surface area contributed by atoms with Crippen molar-refractivity contribution in [2.45, 2.75) is 20.8 Å². The molecule has 1 aromatic carbocycles. The number of furan rings is 1. The van der Waals surface area contributed by atoms with Crippen molar-refractivity contribution in [1.29, 1.82) is 0 Å². The molecular weight excluding hydrogens is 422 g/mol. The molecule has 0 atom stereocenters. The Hall–Kier alpha value is -2.86. The number of ketones is 1. The number of hydrogen-bond acceptors (Lipinski definition) is 4. The van der Waals surface area contributed by atoms with Gasteiger partial charge < -0.3 is 13.7 Å². The number of aromatic nitrogens is 1. The minimum atomic E-state index is -0.593. The van der Waals surface area contributed by atoms with Crippen LogP contribution in [0.2, 0.25) is 0 Å². The van der Waals surface area contributed by atoms with E-state index in [1.807, 2.05) is 55.7 Å². The summed E-state index contributed by atoms with van der Waals surface area (Å²) in [4.78, 5) is 24.4. The lowest BCUT2D eigenvalue weighted by molar-refractivity contribution is -0.136. The first-order valence-electron chi connectivity index (χ1n) is 8.74. The number of carbonyl (C=O) groups excluding carboxylic acids is 2. The SMILES string of the molecule is Cc1ccc(C=CC(=O)OCC(=O)c2cc(C)n(-c3ccc(Br)cc3)c2C)o1. The molecule has 0 unspecified atom stereocenters. The first kappa shape index (κ1) is 19.9. The number of esters is 1. The predicted molar refractivity (Wildman–Crippen MR) is 111 cm³/mol. The van der Waals surface area contributed by atoms with Crippen LogP contribution in [0.4, 0.5) is 0 Å². The Labute approximate surface area is 171 Å². The molecule has 0 fully saturated rings. The van der Waals surface area contributed by atoms with Crippen LogP contribution in [0.1, 0.15) is 33.3 Å². The highest BCUT2D eigenvalue weighted by molar-refractivity contribution is 9.10. The summed E-state index contributed by atoms with van der Waals surface area (Å²) in [6.07, 6.45) is 2.76. The summed E-state index contributed by atoms with van der Waals surface area (Å²) < 4.78 is 13.4. The van der Waals surface area contributed by atoms with E-state index in [9.17, 15) is 9.59 Å². The van der Waals surface area contributed by atoms with Crippen LogP contribution >= 0.6 is 15.9 Å². The van der Waals surface area contributed by atoms with Gasteiger partial charge in [0, 0.05) is 33.2 Å². The summed E-state index contributed by atoms with van der Waals surface area (Å²) in [5, 5.41) is 0. The Morgan fingerprint density at radius 2 is 1.82 bits per heavy atom. The highest BCUT2D eigenvalue weighted by Crippen LogP contribution is 2.22. The quantitative estimate of drug-likeness (QED) is 0.299. The van der Waals surface area contributed by atoms with Crippen LogP contribution in [0.3, 0.4) is 0 Å². The summed E-state index contributed by atoms with van der Waals surface area (Å²) in [5.41, 5.74) is 3.25. The van der Waals surface area contributed by atoms with E-state index in [0.717, 1.165) is 27.3 Å². The Morgan fingerprint density at radius 1 is 1.11 bits per heavy atom. The predicted octanol–water partition coefficient (Wildman–Crippen LogP) is 5.20. The van der Waals surface area contributed by atoms with Crippen molar-refractivity contribution < 1.29 is 18.7 Å². The van der Waals surface area contributed by atoms with E-state index in [4.69, 9.17) is 9.15 Å². The number of rotatable bonds is 6. The largest absolute Gasteiger partial charge is 0.462 e. The molecule has 0 spiro atoms. The molecule has 5 nitrogen and oxygen atoms in total. The van der Waals surface area contributed by atoms with Gasteiger partial charge in [-0.05, 0) is 69.3 Å². The van der Waals surface area contributed by atoms with E-state index in [1.165, 1.54) is 12.2 Å². The topological polar surface area (TPSA) is 61.4 Å². The van der Waals surface area contributed by atoms with Crippen molar-refractivity contribution in [3.8, 4) is 5.69 Å². The maximum Gasteiger partial charge on any atom is 0.331 e. The molecule has 0 saturated carbocycles. The molecule has 28 heavy (non-hydrogen) atoms. The van der Waals surface area contributed by atoms with Crippen LogP contribution in [-0.2, 0) is 9.53 Å². The molecule has 6 heteroatoms. The number of aryl methyl sites for hydroxylation is 2. The monoisotopic (exact) mass is 441 g/mol. The van der Waals surface area contributed by atoms with Crippen molar-refractivity contribution >= 4 is 33.8 Å². The number of ether oxygens (including phenoxy) is 1. The van der Waals surface area contributed by atoms with Crippen LogP contribution in [0.5, 0.6) is 0 Å². The first-order chi connectivity index (χ1) is 13.3. The Morgan fingerprint density at radius 3 is 2.46 bits per heavy atom. The van der Waals surface area contributed by atoms with Gasteiger partial charge in [-0.15, -0.1) is 0 Å². The molecule has 0 radical (unpaired) electrons. The van der Waals surface area contributed by atoms with Crippen LogP contribution < -0.4 is 0 Å². The lowest BCUT2D eigenvalue weighted by atomic mass is 10.1. The van der Waals surface area contributed by atoms with E-state index >= 15 is 0 Å². The van der Waals surface area contributed by atoms with Crippen LogP contribution in [0.15, 0.2) is 57.4 Å². The summed E-state index contributed by atoms with van der Waals surface area (Å²) in [6, 6.07) is 13.2. The number of Topliss-reactive ketones (excluding diaryl/α,β-unsaturated/α-hetero) is 1. The van der Waals surface area contributed by atoms with Crippen LogP contribution in [0, 0.1) is 20.8 Å². The third-order valence-corrected chi connectivity index (χ3v) is 4.84. The average molecular weight is 442 g/mol. The van der Waals surface area contributed by atoms with Crippen LogP contribution in [0.25, 0.3) is 11.8 Å². The fraction of sp³-hybridized carbons (Fsp3) is 0.182. The highest BCUT2D eigenvalue weighted by atomic mass is 79.9. The van der Waals surface area contributed by atoms with E-state index in [0.29, 0.717) is 11.3 Å². The Balaban J connectivity index is 1.67. The first-order valence-corrected chi connectivity index (χ1v) is 9.54. The molecule has 2 aromatic heterocycles. The molecule has 0 saturated heterocycles. The van der Waals surface area contributed by atoms with Gasteiger partial charge in [0.1, 0.15) is 11.5 Å². The van der Waals surface area contributed by atoms with E-state index in [-0.39, 0.29) is 12.4 Å². The van der Waals surface area contributed by atoms with Gasteiger partial charge in [-0.2, -0.15) is 0 Å². The third kappa shape index (κ3) is 4.51. The zero-order valence-electron chi connectivity index (χ0n) is 15.9.